The molecule has 4 nitrogen and oxygen atoms in total. The number of rotatable bonds is 3. The minimum atomic E-state index is -0.149. The zero-order chi connectivity index (χ0) is 19.7. The standard InChI is InChI=1S/C22H35NO3/c1-15-14-23(10-11-26-15)19(24)9-8-16-12-17(21(2,3)4)20(25)18(13-16)22(5,6)7/h12-13,15,25H,8-11,14H2,1-7H3/t15-/m1/s1. The van der Waals surface area contributed by atoms with Crippen molar-refractivity contribution in [2.45, 2.75) is 78.2 Å². The van der Waals surface area contributed by atoms with Gasteiger partial charge in [0, 0.05) is 19.5 Å². The Morgan fingerprint density at radius 1 is 1.15 bits per heavy atom. The van der Waals surface area contributed by atoms with Gasteiger partial charge < -0.3 is 14.7 Å². The number of benzene rings is 1. The van der Waals surface area contributed by atoms with Gasteiger partial charge in [-0.2, -0.15) is 0 Å². The second kappa shape index (κ2) is 7.59. The highest BCUT2D eigenvalue weighted by Crippen LogP contribution is 2.40. The van der Waals surface area contributed by atoms with Gasteiger partial charge in [0.15, 0.2) is 0 Å². The van der Waals surface area contributed by atoms with Crippen LogP contribution in [0.25, 0.3) is 0 Å². The average Bonchev–Trinajstić information content (AvgIpc) is 2.51. The molecule has 1 aliphatic heterocycles. The lowest BCUT2D eigenvalue weighted by atomic mass is 9.78. The minimum Gasteiger partial charge on any atom is -0.507 e. The fraction of sp³-hybridized carbons (Fsp3) is 0.682. The number of hydrogen-bond acceptors (Lipinski definition) is 3. The fourth-order valence-electron chi connectivity index (χ4n) is 3.44. The van der Waals surface area contributed by atoms with E-state index in [0.29, 0.717) is 38.3 Å². The molecule has 0 saturated carbocycles. The number of ether oxygens (including phenoxy) is 1. The normalized spacial score (nSPS) is 18.9. The number of amides is 1. The second-order valence-electron chi connectivity index (χ2n) is 9.56. The Balaban J connectivity index is 2.22. The molecule has 1 aliphatic rings. The molecule has 0 bridgehead atoms. The summed E-state index contributed by atoms with van der Waals surface area (Å²) in [5.41, 5.74) is 2.72. The van der Waals surface area contributed by atoms with E-state index in [4.69, 9.17) is 4.74 Å². The van der Waals surface area contributed by atoms with Gasteiger partial charge in [-0.1, -0.05) is 53.7 Å². The maximum atomic E-state index is 12.6. The van der Waals surface area contributed by atoms with Crippen LogP contribution in [0.2, 0.25) is 0 Å². The number of carbonyl (C=O) groups is 1. The highest BCUT2D eigenvalue weighted by atomic mass is 16.5. The zero-order valence-electron chi connectivity index (χ0n) is 17.5. The first kappa shape index (κ1) is 20.8. The summed E-state index contributed by atoms with van der Waals surface area (Å²) in [5.74, 6) is 0.574. The van der Waals surface area contributed by atoms with Crippen LogP contribution in [0.5, 0.6) is 5.75 Å². The second-order valence-corrected chi connectivity index (χ2v) is 9.56. The number of morpholine rings is 1. The molecule has 1 fully saturated rings. The predicted octanol–water partition coefficient (Wildman–Crippen LogP) is 4.17. The van der Waals surface area contributed by atoms with E-state index in [1.807, 2.05) is 11.8 Å². The Hall–Kier alpha value is -1.55. The molecular formula is C22H35NO3. The summed E-state index contributed by atoms with van der Waals surface area (Å²) in [6, 6.07) is 4.14. The van der Waals surface area contributed by atoms with E-state index in [-0.39, 0.29) is 22.8 Å². The molecule has 1 saturated heterocycles. The first-order valence-electron chi connectivity index (χ1n) is 9.66. The molecule has 0 unspecified atom stereocenters. The Kier molecular flexibility index (Phi) is 6.06. The fourth-order valence-corrected chi connectivity index (χ4v) is 3.44. The number of nitrogens with zero attached hydrogens (tertiary/aromatic N) is 1. The van der Waals surface area contributed by atoms with Crippen LogP contribution in [0.15, 0.2) is 12.1 Å². The maximum Gasteiger partial charge on any atom is 0.223 e. The van der Waals surface area contributed by atoms with Crippen molar-refractivity contribution in [1.82, 2.24) is 4.90 Å². The topological polar surface area (TPSA) is 49.8 Å². The molecule has 26 heavy (non-hydrogen) atoms. The summed E-state index contributed by atoms with van der Waals surface area (Å²) in [6.07, 6.45) is 1.29. The van der Waals surface area contributed by atoms with Crippen molar-refractivity contribution in [3.63, 3.8) is 0 Å². The first-order chi connectivity index (χ1) is 11.9. The Morgan fingerprint density at radius 2 is 1.69 bits per heavy atom. The monoisotopic (exact) mass is 361 g/mol. The molecule has 1 aromatic rings. The molecule has 4 heteroatoms. The summed E-state index contributed by atoms with van der Waals surface area (Å²) in [7, 11) is 0. The highest BCUT2D eigenvalue weighted by molar-refractivity contribution is 5.76. The number of phenols is 1. The van der Waals surface area contributed by atoms with Crippen molar-refractivity contribution in [2.75, 3.05) is 19.7 Å². The van der Waals surface area contributed by atoms with Gasteiger partial charge in [-0.3, -0.25) is 4.79 Å². The van der Waals surface area contributed by atoms with E-state index >= 15 is 0 Å². The average molecular weight is 362 g/mol. The van der Waals surface area contributed by atoms with Crippen molar-refractivity contribution in [1.29, 1.82) is 0 Å². The lowest BCUT2D eigenvalue weighted by Gasteiger charge is -2.31. The van der Waals surface area contributed by atoms with Crippen LogP contribution in [0.4, 0.5) is 0 Å². The molecular weight excluding hydrogens is 326 g/mol. The van der Waals surface area contributed by atoms with Crippen LogP contribution in [0.1, 0.15) is 71.6 Å². The molecule has 1 N–H and O–H groups in total. The largest absolute Gasteiger partial charge is 0.507 e. The van der Waals surface area contributed by atoms with Gasteiger partial charge in [-0.15, -0.1) is 0 Å². The summed E-state index contributed by atoms with van der Waals surface area (Å²) < 4.78 is 5.52. The van der Waals surface area contributed by atoms with Gasteiger partial charge in [0.2, 0.25) is 5.91 Å². The lowest BCUT2D eigenvalue weighted by molar-refractivity contribution is -0.138. The maximum absolute atomic E-state index is 12.6. The summed E-state index contributed by atoms with van der Waals surface area (Å²) in [4.78, 5) is 14.5. The van der Waals surface area contributed by atoms with E-state index in [0.717, 1.165) is 16.7 Å². The Labute approximate surface area is 158 Å². The number of aryl methyl sites for hydroxylation is 1. The molecule has 2 rings (SSSR count). The first-order valence-corrected chi connectivity index (χ1v) is 9.66. The molecule has 0 radical (unpaired) electrons. The van der Waals surface area contributed by atoms with Crippen molar-refractivity contribution >= 4 is 5.91 Å². The zero-order valence-corrected chi connectivity index (χ0v) is 17.5. The number of hydrogen-bond donors (Lipinski definition) is 1. The molecule has 0 aliphatic carbocycles. The van der Waals surface area contributed by atoms with Crippen LogP contribution in [-0.2, 0) is 26.8 Å². The molecule has 1 aromatic carbocycles. The van der Waals surface area contributed by atoms with Crippen molar-refractivity contribution in [3.05, 3.63) is 28.8 Å². The Morgan fingerprint density at radius 3 is 2.15 bits per heavy atom. The van der Waals surface area contributed by atoms with Gasteiger partial charge in [-0.25, -0.2) is 0 Å². The molecule has 0 aromatic heterocycles. The van der Waals surface area contributed by atoms with E-state index in [2.05, 4.69) is 53.7 Å². The van der Waals surface area contributed by atoms with Crippen molar-refractivity contribution in [2.24, 2.45) is 0 Å². The van der Waals surface area contributed by atoms with Gasteiger partial charge in [-0.05, 0) is 40.9 Å². The van der Waals surface area contributed by atoms with Crippen LogP contribution < -0.4 is 0 Å². The summed E-state index contributed by atoms with van der Waals surface area (Å²) in [6.45, 7) is 16.6. The van der Waals surface area contributed by atoms with Gasteiger partial charge in [0.05, 0.1) is 12.7 Å². The van der Waals surface area contributed by atoms with E-state index in [1.54, 1.807) is 0 Å². The summed E-state index contributed by atoms with van der Waals surface area (Å²) >= 11 is 0. The molecule has 146 valence electrons. The third kappa shape index (κ3) is 5.00. The lowest BCUT2D eigenvalue weighted by Crippen LogP contribution is -2.44. The van der Waals surface area contributed by atoms with Crippen LogP contribution in [0.3, 0.4) is 0 Å². The van der Waals surface area contributed by atoms with Crippen molar-refractivity contribution < 1.29 is 14.6 Å². The van der Waals surface area contributed by atoms with Gasteiger partial charge in [0.25, 0.3) is 0 Å². The van der Waals surface area contributed by atoms with Gasteiger partial charge in [0.1, 0.15) is 5.75 Å². The smallest absolute Gasteiger partial charge is 0.223 e. The molecule has 1 amide bonds. The number of phenolic OH excluding ortho intramolecular Hbond substituents is 1. The quantitative estimate of drug-likeness (QED) is 0.879. The summed E-state index contributed by atoms with van der Waals surface area (Å²) in [5, 5.41) is 10.8. The predicted molar refractivity (Wildman–Crippen MR) is 106 cm³/mol. The van der Waals surface area contributed by atoms with E-state index < -0.39 is 0 Å². The Bertz CT molecular complexity index is 617. The van der Waals surface area contributed by atoms with Crippen LogP contribution in [-0.4, -0.2) is 41.7 Å². The molecule has 0 spiro atoms. The third-order valence-corrected chi connectivity index (χ3v) is 5.01. The molecule has 1 heterocycles. The number of aromatic hydroxyl groups is 1. The highest BCUT2D eigenvalue weighted by Gasteiger charge is 2.27. The SMILES string of the molecule is C[C@@H]1CN(C(=O)CCc2cc(C(C)(C)C)c(O)c(C(C)(C)C)c2)CCO1. The molecule has 1 atom stereocenters. The third-order valence-electron chi connectivity index (χ3n) is 5.01. The van der Waals surface area contributed by atoms with Crippen LogP contribution >= 0.6 is 0 Å². The van der Waals surface area contributed by atoms with Crippen molar-refractivity contribution in [3.8, 4) is 5.75 Å². The number of carbonyl (C=O) groups excluding carboxylic acids is 1. The van der Waals surface area contributed by atoms with Crippen LogP contribution in [0, 0.1) is 0 Å². The van der Waals surface area contributed by atoms with E-state index in [1.165, 1.54) is 0 Å². The van der Waals surface area contributed by atoms with E-state index in [9.17, 15) is 9.90 Å². The van der Waals surface area contributed by atoms with Gasteiger partial charge >= 0.3 is 0 Å². The minimum absolute atomic E-state index is 0.112.